The van der Waals surface area contributed by atoms with E-state index in [1.807, 2.05) is 49.4 Å². The molecule has 33 heavy (non-hydrogen) atoms. The van der Waals surface area contributed by atoms with Gasteiger partial charge in [0.05, 0.1) is 38.4 Å². The van der Waals surface area contributed by atoms with Crippen molar-refractivity contribution in [2.45, 2.75) is 19.5 Å². The van der Waals surface area contributed by atoms with Gasteiger partial charge in [0.2, 0.25) is 5.75 Å². The van der Waals surface area contributed by atoms with Gasteiger partial charge in [0.1, 0.15) is 5.82 Å². The van der Waals surface area contributed by atoms with Crippen LogP contribution in [0.4, 0.5) is 0 Å². The average molecular weight is 446 g/mol. The number of hydrogen-bond donors (Lipinski definition) is 1. The highest BCUT2D eigenvalue weighted by molar-refractivity contribution is 5.96. The smallest absolute Gasteiger partial charge is 0.252 e. The van der Waals surface area contributed by atoms with Gasteiger partial charge in [-0.05, 0) is 36.8 Å². The molecule has 0 aliphatic rings. The number of carbonyl (C=O) groups excluding carboxylic acids is 1. The topological polar surface area (TPSA) is 74.6 Å². The Morgan fingerprint density at radius 2 is 1.58 bits per heavy atom. The van der Waals surface area contributed by atoms with E-state index < -0.39 is 0 Å². The predicted molar refractivity (Wildman–Crippen MR) is 127 cm³/mol. The van der Waals surface area contributed by atoms with E-state index >= 15 is 0 Å². The van der Waals surface area contributed by atoms with E-state index in [9.17, 15) is 4.79 Å². The molecule has 1 heterocycles. The van der Waals surface area contributed by atoms with E-state index in [-0.39, 0.29) is 11.9 Å². The Labute approximate surface area is 192 Å². The summed E-state index contributed by atoms with van der Waals surface area (Å²) in [4.78, 5) is 18.0. The third kappa shape index (κ3) is 4.48. The zero-order chi connectivity index (χ0) is 23.4. The molecular formula is C26H27N3O4. The molecule has 1 aromatic heterocycles. The van der Waals surface area contributed by atoms with Crippen molar-refractivity contribution in [3.8, 4) is 17.2 Å². The summed E-state index contributed by atoms with van der Waals surface area (Å²) in [6.07, 6.45) is 0. The monoisotopic (exact) mass is 445 g/mol. The van der Waals surface area contributed by atoms with Gasteiger partial charge >= 0.3 is 0 Å². The second-order valence-corrected chi connectivity index (χ2v) is 7.64. The van der Waals surface area contributed by atoms with Crippen LogP contribution in [0.2, 0.25) is 0 Å². The Hall–Kier alpha value is -4.00. The van der Waals surface area contributed by atoms with Crippen LogP contribution < -0.4 is 19.5 Å². The lowest BCUT2D eigenvalue weighted by Gasteiger charge is -2.18. The molecule has 0 fully saturated rings. The summed E-state index contributed by atoms with van der Waals surface area (Å²) in [6.45, 7) is 2.58. The van der Waals surface area contributed by atoms with Gasteiger partial charge in [0, 0.05) is 12.1 Å². The Balaban J connectivity index is 1.66. The van der Waals surface area contributed by atoms with Crippen LogP contribution in [0.1, 0.15) is 34.7 Å². The minimum absolute atomic E-state index is 0.264. The molecule has 0 aliphatic heterocycles. The van der Waals surface area contributed by atoms with Gasteiger partial charge in [0.15, 0.2) is 11.5 Å². The van der Waals surface area contributed by atoms with Crippen LogP contribution in [0.5, 0.6) is 17.2 Å². The summed E-state index contributed by atoms with van der Waals surface area (Å²) in [5.74, 6) is 1.80. The van der Waals surface area contributed by atoms with Crippen LogP contribution in [-0.2, 0) is 6.54 Å². The van der Waals surface area contributed by atoms with Crippen LogP contribution in [0.3, 0.4) is 0 Å². The highest BCUT2D eigenvalue weighted by Gasteiger charge is 2.22. The number of benzene rings is 3. The molecular weight excluding hydrogens is 418 g/mol. The van der Waals surface area contributed by atoms with E-state index in [1.54, 1.807) is 12.1 Å². The molecule has 0 aliphatic carbocycles. The Kier molecular flexibility index (Phi) is 6.49. The molecule has 0 spiro atoms. The fourth-order valence-electron chi connectivity index (χ4n) is 3.91. The molecule has 7 heteroatoms. The summed E-state index contributed by atoms with van der Waals surface area (Å²) < 4.78 is 18.3. The van der Waals surface area contributed by atoms with Crippen molar-refractivity contribution in [3.63, 3.8) is 0 Å². The molecule has 0 saturated heterocycles. The summed E-state index contributed by atoms with van der Waals surface area (Å²) in [7, 11) is 4.57. The Morgan fingerprint density at radius 1 is 0.939 bits per heavy atom. The molecule has 0 radical (unpaired) electrons. The Morgan fingerprint density at radius 3 is 2.21 bits per heavy atom. The number of nitrogens with zero attached hydrogens (tertiary/aromatic N) is 2. The molecule has 3 aromatic carbocycles. The quantitative estimate of drug-likeness (QED) is 0.429. The maximum atomic E-state index is 13.1. The second-order valence-electron chi connectivity index (χ2n) is 7.64. The fourth-order valence-corrected chi connectivity index (χ4v) is 3.91. The molecule has 7 nitrogen and oxygen atoms in total. The first kappa shape index (κ1) is 22.2. The molecule has 4 rings (SSSR count). The number of methoxy groups -OCH3 is 3. The number of aromatic nitrogens is 2. The first-order valence-corrected chi connectivity index (χ1v) is 10.7. The summed E-state index contributed by atoms with van der Waals surface area (Å²) in [5, 5.41) is 3.07. The largest absolute Gasteiger partial charge is 0.493 e. The maximum Gasteiger partial charge on any atom is 0.252 e. The van der Waals surface area contributed by atoms with Crippen LogP contribution >= 0.6 is 0 Å². The van der Waals surface area contributed by atoms with Crippen molar-refractivity contribution >= 4 is 16.9 Å². The summed E-state index contributed by atoms with van der Waals surface area (Å²) in [6, 6.07) is 21.1. The first-order valence-electron chi connectivity index (χ1n) is 10.7. The van der Waals surface area contributed by atoms with Crippen molar-refractivity contribution in [2.75, 3.05) is 21.3 Å². The number of rotatable bonds is 8. The van der Waals surface area contributed by atoms with Gasteiger partial charge < -0.3 is 24.1 Å². The van der Waals surface area contributed by atoms with Crippen molar-refractivity contribution in [2.24, 2.45) is 0 Å². The summed E-state index contributed by atoms with van der Waals surface area (Å²) >= 11 is 0. The number of ether oxygens (including phenoxy) is 3. The molecule has 4 aromatic rings. The minimum Gasteiger partial charge on any atom is -0.493 e. The lowest BCUT2D eigenvalue weighted by atomic mass is 10.1. The van der Waals surface area contributed by atoms with Crippen LogP contribution in [0.15, 0.2) is 66.7 Å². The molecule has 1 atom stereocenters. The average Bonchev–Trinajstić information content (AvgIpc) is 3.22. The number of hydrogen-bond acceptors (Lipinski definition) is 5. The number of fused-ring (bicyclic) bond motifs is 1. The van der Waals surface area contributed by atoms with E-state index in [0.29, 0.717) is 29.4 Å². The van der Waals surface area contributed by atoms with Crippen molar-refractivity contribution in [1.82, 2.24) is 14.9 Å². The second kappa shape index (κ2) is 9.65. The third-order valence-electron chi connectivity index (χ3n) is 5.53. The zero-order valence-corrected chi connectivity index (χ0v) is 19.2. The van der Waals surface area contributed by atoms with E-state index in [0.717, 1.165) is 22.4 Å². The van der Waals surface area contributed by atoms with Crippen molar-refractivity contribution < 1.29 is 19.0 Å². The first-order chi connectivity index (χ1) is 16.0. The standard InChI is InChI=1S/C26H27N3O4/c1-17(27-26(30)19-14-22(31-2)24(33-4)23(15-19)32-3)25-28-20-12-8-9-13-21(20)29(25)16-18-10-6-5-7-11-18/h5-15,17H,16H2,1-4H3,(H,27,30). The molecule has 1 amide bonds. The van der Waals surface area contributed by atoms with Gasteiger partial charge in [-0.1, -0.05) is 42.5 Å². The maximum absolute atomic E-state index is 13.1. The van der Waals surface area contributed by atoms with Gasteiger partial charge in [-0.2, -0.15) is 0 Å². The third-order valence-corrected chi connectivity index (χ3v) is 5.53. The van der Waals surface area contributed by atoms with Gasteiger partial charge in [-0.3, -0.25) is 4.79 Å². The number of carbonyl (C=O) groups is 1. The molecule has 0 saturated carbocycles. The van der Waals surface area contributed by atoms with E-state index in [4.69, 9.17) is 19.2 Å². The predicted octanol–water partition coefficient (Wildman–Crippen LogP) is 4.60. The zero-order valence-electron chi connectivity index (χ0n) is 19.2. The normalized spacial score (nSPS) is 11.8. The van der Waals surface area contributed by atoms with Gasteiger partial charge in [0.25, 0.3) is 5.91 Å². The highest BCUT2D eigenvalue weighted by atomic mass is 16.5. The van der Waals surface area contributed by atoms with Crippen molar-refractivity contribution in [3.05, 3.63) is 83.7 Å². The summed E-state index contributed by atoms with van der Waals surface area (Å²) in [5.41, 5.74) is 3.47. The van der Waals surface area contributed by atoms with Crippen LogP contribution in [-0.4, -0.2) is 36.8 Å². The minimum atomic E-state index is -0.340. The fraction of sp³-hybridized carbons (Fsp3) is 0.231. The Bertz CT molecular complexity index is 1240. The van der Waals surface area contributed by atoms with E-state index in [2.05, 4.69) is 22.0 Å². The van der Waals surface area contributed by atoms with Gasteiger partial charge in [-0.25, -0.2) is 4.98 Å². The highest BCUT2D eigenvalue weighted by Crippen LogP contribution is 2.38. The molecule has 1 unspecified atom stereocenters. The van der Waals surface area contributed by atoms with Crippen molar-refractivity contribution in [1.29, 1.82) is 0 Å². The number of para-hydroxylation sites is 2. The molecule has 1 N–H and O–H groups in total. The van der Waals surface area contributed by atoms with Crippen LogP contribution in [0.25, 0.3) is 11.0 Å². The van der Waals surface area contributed by atoms with Crippen LogP contribution in [0, 0.1) is 0 Å². The lowest BCUT2D eigenvalue weighted by molar-refractivity contribution is 0.0937. The van der Waals surface area contributed by atoms with Gasteiger partial charge in [-0.15, -0.1) is 0 Å². The number of imidazole rings is 1. The molecule has 170 valence electrons. The number of nitrogens with one attached hydrogen (secondary N) is 1. The van der Waals surface area contributed by atoms with E-state index in [1.165, 1.54) is 21.3 Å². The lowest BCUT2D eigenvalue weighted by Crippen LogP contribution is -2.29. The molecule has 0 bridgehead atoms. The SMILES string of the molecule is COc1cc(C(=O)NC(C)c2nc3ccccc3n2Cc2ccccc2)cc(OC)c1OC. The number of amides is 1.